The molecule has 6 heteroatoms. The fraction of sp³-hybridized carbons (Fsp3) is 0.0833. The van der Waals surface area contributed by atoms with Crippen molar-refractivity contribution in [1.29, 1.82) is 0 Å². The highest BCUT2D eigenvalue weighted by molar-refractivity contribution is 5.89. The Kier molecular flexibility index (Phi) is 3.38. The van der Waals surface area contributed by atoms with E-state index in [0.717, 1.165) is 0 Å². The third-order valence-corrected chi connectivity index (χ3v) is 2.26. The molecule has 2 rings (SSSR count). The Morgan fingerprint density at radius 3 is 2.67 bits per heavy atom. The molecular weight excluding hydrogens is 234 g/mol. The molecule has 0 saturated carbocycles. The number of methoxy groups -OCH3 is 1. The SMILES string of the molecule is COc1ccc(C(=O)O)cc1Nc1ncccn1. The van der Waals surface area contributed by atoms with E-state index >= 15 is 0 Å². The number of anilines is 2. The molecule has 0 unspecified atom stereocenters. The monoisotopic (exact) mass is 245 g/mol. The molecule has 1 aromatic carbocycles. The molecule has 0 spiro atoms. The van der Waals surface area contributed by atoms with Crippen molar-refractivity contribution in [3.63, 3.8) is 0 Å². The van der Waals surface area contributed by atoms with Crippen molar-refractivity contribution in [1.82, 2.24) is 9.97 Å². The van der Waals surface area contributed by atoms with Gasteiger partial charge in [-0.1, -0.05) is 0 Å². The largest absolute Gasteiger partial charge is 0.495 e. The lowest BCUT2D eigenvalue weighted by Crippen LogP contribution is -2.02. The van der Waals surface area contributed by atoms with Gasteiger partial charge in [0.25, 0.3) is 0 Å². The number of benzene rings is 1. The maximum Gasteiger partial charge on any atom is 0.335 e. The lowest BCUT2D eigenvalue weighted by atomic mass is 10.2. The molecule has 1 aromatic heterocycles. The average Bonchev–Trinajstić information content (AvgIpc) is 2.39. The Balaban J connectivity index is 2.35. The molecule has 0 bridgehead atoms. The maximum absolute atomic E-state index is 10.9. The van der Waals surface area contributed by atoms with Gasteiger partial charge in [-0.15, -0.1) is 0 Å². The minimum Gasteiger partial charge on any atom is -0.495 e. The summed E-state index contributed by atoms with van der Waals surface area (Å²) in [5.41, 5.74) is 0.665. The minimum absolute atomic E-state index is 0.161. The molecule has 0 fully saturated rings. The molecule has 0 atom stereocenters. The van der Waals surface area contributed by atoms with Crippen molar-refractivity contribution in [3.05, 3.63) is 42.2 Å². The van der Waals surface area contributed by atoms with Gasteiger partial charge in [-0.25, -0.2) is 14.8 Å². The molecule has 0 amide bonds. The number of carboxylic acids is 1. The second kappa shape index (κ2) is 5.13. The van der Waals surface area contributed by atoms with E-state index in [1.165, 1.54) is 19.2 Å². The maximum atomic E-state index is 10.9. The van der Waals surface area contributed by atoms with Gasteiger partial charge in [0.05, 0.1) is 18.4 Å². The van der Waals surface area contributed by atoms with Crippen molar-refractivity contribution in [2.75, 3.05) is 12.4 Å². The number of ether oxygens (including phenoxy) is 1. The standard InChI is InChI=1S/C12H11N3O3/c1-18-10-4-3-8(11(16)17)7-9(10)15-12-13-5-2-6-14-12/h2-7H,1H3,(H,16,17)(H,13,14,15). The highest BCUT2D eigenvalue weighted by atomic mass is 16.5. The molecule has 0 radical (unpaired) electrons. The highest BCUT2D eigenvalue weighted by Gasteiger charge is 2.09. The molecule has 6 nitrogen and oxygen atoms in total. The summed E-state index contributed by atoms with van der Waals surface area (Å²) in [6, 6.07) is 6.21. The van der Waals surface area contributed by atoms with Crippen LogP contribution in [0.2, 0.25) is 0 Å². The Morgan fingerprint density at radius 1 is 1.33 bits per heavy atom. The molecule has 0 aliphatic rings. The number of carboxylic acid groups (broad SMARTS) is 1. The fourth-order valence-electron chi connectivity index (χ4n) is 1.42. The van der Waals surface area contributed by atoms with Gasteiger partial charge in [-0.3, -0.25) is 0 Å². The molecule has 0 saturated heterocycles. The van der Waals surface area contributed by atoms with E-state index in [4.69, 9.17) is 9.84 Å². The predicted octanol–water partition coefficient (Wildman–Crippen LogP) is 1.93. The highest BCUT2D eigenvalue weighted by Crippen LogP contribution is 2.27. The molecule has 2 aromatic rings. The molecule has 2 N–H and O–H groups in total. The van der Waals surface area contributed by atoms with Gasteiger partial charge in [0.2, 0.25) is 5.95 Å². The summed E-state index contributed by atoms with van der Waals surface area (Å²) in [5.74, 6) is -0.111. The average molecular weight is 245 g/mol. The van der Waals surface area contributed by atoms with Crippen LogP contribution in [0.5, 0.6) is 5.75 Å². The van der Waals surface area contributed by atoms with Crippen LogP contribution in [0.1, 0.15) is 10.4 Å². The third kappa shape index (κ3) is 2.54. The van der Waals surface area contributed by atoms with Gasteiger partial charge in [0, 0.05) is 12.4 Å². The van der Waals surface area contributed by atoms with Gasteiger partial charge >= 0.3 is 5.97 Å². The Hall–Kier alpha value is -2.63. The number of carbonyl (C=O) groups is 1. The molecule has 1 heterocycles. The summed E-state index contributed by atoms with van der Waals surface area (Å²) in [4.78, 5) is 18.9. The summed E-state index contributed by atoms with van der Waals surface area (Å²) in [6.45, 7) is 0. The number of aromatic nitrogens is 2. The zero-order valence-electron chi connectivity index (χ0n) is 9.62. The number of nitrogens with one attached hydrogen (secondary N) is 1. The summed E-state index contributed by atoms with van der Waals surface area (Å²) < 4.78 is 5.14. The Labute approximate surface area is 103 Å². The van der Waals surface area contributed by atoms with E-state index in [2.05, 4.69) is 15.3 Å². The van der Waals surface area contributed by atoms with E-state index in [1.807, 2.05) is 0 Å². The first-order valence-electron chi connectivity index (χ1n) is 5.16. The molecule has 92 valence electrons. The van der Waals surface area contributed by atoms with Gasteiger partial charge in [-0.2, -0.15) is 0 Å². The molecule has 0 aliphatic heterocycles. The van der Waals surface area contributed by atoms with E-state index in [9.17, 15) is 4.79 Å². The first-order valence-corrected chi connectivity index (χ1v) is 5.16. The second-order valence-corrected chi connectivity index (χ2v) is 3.42. The van der Waals surface area contributed by atoms with E-state index < -0.39 is 5.97 Å². The van der Waals surface area contributed by atoms with Crippen LogP contribution in [0.4, 0.5) is 11.6 Å². The first-order chi connectivity index (χ1) is 8.70. The lowest BCUT2D eigenvalue weighted by Gasteiger charge is -2.10. The van der Waals surface area contributed by atoms with Crippen molar-refractivity contribution in [3.8, 4) is 5.75 Å². The number of aromatic carboxylic acids is 1. The van der Waals surface area contributed by atoms with Crippen molar-refractivity contribution in [2.24, 2.45) is 0 Å². The predicted molar refractivity (Wildman–Crippen MR) is 65.3 cm³/mol. The van der Waals surface area contributed by atoms with Crippen LogP contribution in [-0.2, 0) is 0 Å². The van der Waals surface area contributed by atoms with Crippen LogP contribution in [0.15, 0.2) is 36.7 Å². The van der Waals surface area contributed by atoms with Crippen LogP contribution < -0.4 is 10.1 Å². The molecular formula is C12H11N3O3. The molecule has 0 aliphatic carbocycles. The van der Waals surface area contributed by atoms with Crippen LogP contribution >= 0.6 is 0 Å². The Morgan fingerprint density at radius 2 is 2.06 bits per heavy atom. The number of rotatable bonds is 4. The smallest absolute Gasteiger partial charge is 0.335 e. The van der Waals surface area contributed by atoms with Crippen LogP contribution in [-0.4, -0.2) is 28.2 Å². The number of nitrogens with zero attached hydrogens (tertiary/aromatic N) is 2. The quantitative estimate of drug-likeness (QED) is 0.856. The summed E-state index contributed by atoms with van der Waals surface area (Å²) >= 11 is 0. The number of hydrogen-bond acceptors (Lipinski definition) is 5. The minimum atomic E-state index is -1.00. The van der Waals surface area contributed by atoms with Gasteiger partial charge < -0.3 is 15.2 Å². The fourth-order valence-corrected chi connectivity index (χ4v) is 1.42. The van der Waals surface area contributed by atoms with Crippen molar-refractivity contribution >= 4 is 17.6 Å². The van der Waals surface area contributed by atoms with E-state index in [0.29, 0.717) is 17.4 Å². The summed E-state index contributed by atoms with van der Waals surface area (Å²) in [7, 11) is 1.51. The zero-order chi connectivity index (χ0) is 13.0. The van der Waals surface area contributed by atoms with E-state index in [-0.39, 0.29) is 5.56 Å². The van der Waals surface area contributed by atoms with Crippen LogP contribution in [0.3, 0.4) is 0 Å². The first kappa shape index (κ1) is 11.8. The normalized spacial score (nSPS) is 9.83. The summed E-state index contributed by atoms with van der Waals surface area (Å²) in [6.07, 6.45) is 3.17. The third-order valence-electron chi connectivity index (χ3n) is 2.26. The van der Waals surface area contributed by atoms with Crippen LogP contribution in [0.25, 0.3) is 0 Å². The topological polar surface area (TPSA) is 84.3 Å². The second-order valence-electron chi connectivity index (χ2n) is 3.42. The Bertz CT molecular complexity index is 558. The van der Waals surface area contributed by atoms with Crippen molar-refractivity contribution < 1.29 is 14.6 Å². The van der Waals surface area contributed by atoms with Gasteiger partial charge in [0.1, 0.15) is 5.75 Å². The molecule has 18 heavy (non-hydrogen) atoms. The van der Waals surface area contributed by atoms with E-state index in [1.54, 1.807) is 24.5 Å². The summed E-state index contributed by atoms with van der Waals surface area (Å²) in [5, 5.41) is 11.8. The van der Waals surface area contributed by atoms with Crippen molar-refractivity contribution in [2.45, 2.75) is 0 Å². The zero-order valence-corrected chi connectivity index (χ0v) is 9.62. The van der Waals surface area contributed by atoms with Crippen LogP contribution in [0, 0.1) is 0 Å². The lowest BCUT2D eigenvalue weighted by molar-refractivity contribution is 0.0697. The van der Waals surface area contributed by atoms with Gasteiger partial charge in [-0.05, 0) is 24.3 Å². The van der Waals surface area contributed by atoms with Gasteiger partial charge in [0.15, 0.2) is 0 Å². The number of hydrogen-bond donors (Lipinski definition) is 2.